The first-order chi connectivity index (χ1) is 11.6. The van der Waals surface area contributed by atoms with Crippen LogP contribution in [0.1, 0.15) is 51.8 Å². The van der Waals surface area contributed by atoms with E-state index in [2.05, 4.69) is 10.2 Å². The zero-order valence-electron chi connectivity index (χ0n) is 13.5. The van der Waals surface area contributed by atoms with Gasteiger partial charge in [0.15, 0.2) is 0 Å². The topological polar surface area (TPSA) is 101 Å². The van der Waals surface area contributed by atoms with Crippen molar-refractivity contribution in [2.45, 2.75) is 25.3 Å². The maximum absolute atomic E-state index is 13.0. The van der Waals surface area contributed by atoms with Gasteiger partial charge >= 0.3 is 0 Å². The van der Waals surface area contributed by atoms with E-state index in [1.807, 2.05) is 12.1 Å². The molecule has 126 valence electrons. The lowest BCUT2D eigenvalue weighted by Crippen LogP contribution is -2.38. The molecular formula is C17H20N4O3. The number of amides is 2. The van der Waals surface area contributed by atoms with Gasteiger partial charge in [0.25, 0.3) is 11.8 Å². The van der Waals surface area contributed by atoms with Crippen molar-refractivity contribution in [2.75, 3.05) is 13.7 Å². The molecule has 1 aromatic carbocycles. The summed E-state index contributed by atoms with van der Waals surface area (Å²) in [4.78, 5) is 26.1. The Morgan fingerprint density at radius 2 is 2.12 bits per heavy atom. The average molecular weight is 328 g/mol. The fourth-order valence-electron chi connectivity index (χ4n) is 3.11. The quantitative estimate of drug-likeness (QED) is 0.894. The minimum absolute atomic E-state index is 0.0904. The molecule has 1 aromatic heterocycles. The minimum atomic E-state index is -0.587. The molecule has 1 aliphatic heterocycles. The maximum atomic E-state index is 13.0. The van der Waals surface area contributed by atoms with Crippen molar-refractivity contribution in [3.63, 3.8) is 0 Å². The van der Waals surface area contributed by atoms with Crippen LogP contribution in [0.2, 0.25) is 0 Å². The van der Waals surface area contributed by atoms with Crippen LogP contribution in [0.5, 0.6) is 5.75 Å². The summed E-state index contributed by atoms with van der Waals surface area (Å²) in [5, 5.41) is 6.77. The Morgan fingerprint density at radius 1 is 1.33 bits per heavy atom. The second kappa shape index (κ2) is 6.74. The highest BCUT2D eigenvalue weighted by atomic mass is 16.5. The molecule has 7 heteroatoms. The fraction of sp³-hybridized carbons (Fsp3) is 0.353. The van der Waals surface area contributed by atoms with Crippen LogP contribution >= 0.6 is 0 Å². The number of aromatic nitrogens is 2. The Balaban J connectivity index is 1.91. The van der Waals surface area contributed by atoms with Crippen LogP contribution in [0.15, 0.2) is 30.3 Å². The summed E-state index contributed by atoms with van der Waals surface area (Å²) in [6.45, 7) is 0.645. The molecule has 3 rings (SSSR count). The van der Waals surface area contributed by atoms with Gasteiger partial charge in [-0.3, -0.25) is 14.7 Å². The number of nitrogens with zero attached hydrogens (tertiary/aromatic N) is 2. The van der Waals surface area contributed by atoms with Crippen molar-refractivity contribution >= 4 is 11.8 Å². The Kier molecular flexibility index (Phi) is 4.50. The molecule has 2 heterocycles. The van der Waals surface area contributed by atoms with E-state index < -0.39 is 5.91 Å². The van der Waals surface area contributed by atoms with Crippen molar-refractivity contribution in [1.29, 1.82) is 0 Å². The molecule has 0 spiro atoms. The Morgan fingerprint density at radius 3 is 2.83 bits per heavy atom. The molecule has 1 aliphatic rings. The molecule has 24 heavy (non-hydrogen) atoms. The highest BCUT2D eigenvalue weighted by Crippen LogP contribution is 2.32. The summed E-state index contributed by atoms with van der Waals surface area (Å²) < 4.78 is 5.30. The molecule has 1 atom stereocenters. The van der Waals surface area contributed by atoms with E-state index >= 15 is 0 Å². The van der Waals surface area contributed by atoms with Crippen LogP contribution in [0.3, 0.4) is 0 Å². The highest BCUT2D eigenvalue weighted by Gasteiger charge is 2.31. The van der Waals surface area contributed by atoms with E-state index in [0.29, 0.717) is 17.9 Å². The van der Waals surface area contributed by atoms with Gasteiger partial charge in [0.05, 0.1) is 24.4 Å². The minimum Gasteiger partial charge on any atom is -0.496 e. The third-order valence-electron chi connectivity index (χ3n) is 4.31. The molecular weight excluding hydrogens is 308 g/mol. The number of methoxy groups -OCH3 is 1. The number of benzene rings is 1. The van der Waals surface area contributed by atoms with E-state index in [-0.39, 0.29) is 17.6 Å². The van der Waals surface area contributed by atoms with Crippen molar-refractivity contribution in [1.82, 2.24) is 15.1 Å². The van der Waals surface area contributed by atoms with Crippen LogP contribution in [-0.4, -0.2) is 40.6 Å². The van der Waals surface area contributed by atoms with Gasteiger partial charge in [0, 0.05) is 6.54 Å². The molecule has 3 N–H and O–H groups in total. The van der Waals surface area contributed by atoms with E-state index in [9.17, 15) is 9.59 Å². The van der Waals surface area contributed by atoms with Gasteiger partial charge in [-0.05, 0) is 37.5 Å². The molecule has 0 unspecified atom stereocenters. The van der Waals surface area contributed by atoms with Gasteiger partial charge < -0.3 is 15.4 Å². The molecule has 2 amide bonds. The van der Waals surface area contributed by atoms with Gasteiger partial charge in [-0.25, -0.2) is 0 Å². The molecule has 7 nitrogen and oxygen atoms in total. The lowest BCUT2D eigenvalue weighted by molar-refractivity contribution is 0.0602. The number of carbonyl (C=O) groups is 2. The van der Waals surface area contributed by atoms with Gasteiger partial charge in [0.2, 0.25) is 0 Å². The third-order valence-corrected chi connectivity index (χ3v) is 4.31. The molecule has 0 bridgehead atoms. The zero-order valence-corrected chi connectivity index (χ0v) is 13.5. The number of ether oxygens (including phenoxy) is 1. The molecule has 1 saturated heterocycles. The number of likely N-dealkylation sites (tertiary alicyclic amines) is 1. The van der Waals surface area contributed by atoms with E-state index in [1.54, 1.807) is 30.2 Å². The average Bonchev–Trinajstić information content (AvgIpc) is 3.11. The molecule has 0 aliphatic carbocycles. The zero-order chi connectivity index (χ0) is 17.1. The number of hydrogen-bond acceptors (Lipinski definition) is 4. The summed E-state index contributed by atoms with van der Waals surface area (Å²) in [7, 11) is 1.55. The van der Waals surface area contributed by atoms with E-state index in [0.717, 1.165) is 25.0 Å². The predicted octanol–water partition coefficient (Wildman–Crippen LogP) is 1.88. The number of carbonyl (C=O) groups excluding carboxylic acids is 2. The Hall–Kier alpha value is -2.83. The number of para-hydroxylation sites is 1. The second-order valence-electron chi connectivity index (χ2n) is 5.78. The van der Waals surface area contributed by atoms with Crippen LogP contribution in [0.25, 0.3) is 0 Å². The lowest BCUT2D eigenvalue weighted by Gasteiger charge is -2.35. The predicted molar refractivity (Wildman–Crippen MR) is 87.7 cm³/mol. The number of rotatable bonds is 4. The number of hydrogen-bond donors (Lipinski definition) is 2. The second-order valence-corrected chi connectivity index (χ2v) is 5.78. The van der Waals surface area contributed by atoms with E-state index in [1.165, 1.54) is 0 Å². The first-order valence-corrected chi connectivity index (χ1v) is 7.91. The summed E-state index contributed by atoms with van der Waals surface area (Å²) in [5.74, 6) is -0.127. The fourth-order valence-corrected chi connectivity index (χ4v) is 3.11. The Labute approximate surface area is 139 Å². The number of piperidine rings is 1. The summed E-state index contributed by atoms with van der Waals surface area (Å²) >= 11 is 0. The van der Waals surface area contributed by atoms with Crippen molar-refractivity contribution in [2.24, 2.45) is 5.73 Å². The maximum Gasteiger partial charge on any atom is 0.269 e. The number of primary amides is 1. The van der Waals surface area contributed by atoms with Gasteiger partial charge in [0.1, 0.15) is 11.4 Å². The van der Waals surface area contributed by atoms with Crippen LogP contribution in [-0.2, 0) is 0 Å². The van der Waals surface area contributed by atoms with Crippen LogP contribution in [0.4, 0.5) is 0 Å². The summed E-state index contributed by atoms with van der Waals surface area (Å²) in [6, 6.07) is 8.65. The Bertz CT molecular complexity index is 756. The van der Waals surface area contributed by atoms with Gasteiger partial charge in [-0.1, -0.05) is 12.1 Å². The molecule has 2 aromatic rings. The third kappa shape index (κ3) is 2.97. The number of H-pyrrole nitrogens is 1. The molecule has 0 radical (unpaired) electrons. The monoisotopic (exact) mass is 328 g/mol. The highest BCUT2D eigenvalue weighted by molar-refractivity contribution is 5.97. The van der Waals surface area contributed by atoms with Crippen molar-refractivity contribution in [3.05, 3.63) is 47.3 Å². The summed E-state index contributed by atoms with van der Waals surface area (Å²) in [5.41, 5.74) is 6.70. The first-order valence-electron chi connectivity index (χ1n) is 7.91. The number of aromatic amines is 1. The van der Waals surface area contributed by atoms with E-state index in [4.69, 9.17) is 10.5 Å². The normalized spacial score (nSPS) is 17.5. The number of nitrogens with two attached hydrogens (primary N) is 1. The van der Waals surface area contributed by atoms with Crippen LogP contribution < -0.4 is 10.5 Å². The van der Waals surface area contributed by atoms with Crippen molar-refractivity contribution in [3.8, 4) is 5.75 Å². The standard InChI is InChI=1S/C17H20N4O3/c1-24-15-8-3-2-6-11(15)17(23)21-9-5-4-7-14(21)12-10-13(16(18)22)20-19-12/h2-3,6,8,10,14H,4-5,7,9H2,1H3,(H2,18,22)(H,19,20)/t14-/m0/s1. The lowest BCUT2D eigenvalue weighted by atomic mass is 9.97. The number of nitrogens with one attached hydrogen (secondary N) is 1. The molecule has 1 fully saturated rings. The first kappa shape index (κ1) is 16.0. The SMILES string of the molecule is COc1ccccc1C(=O)N1CCCC[C@H]1c1cc(C(N)=O)n[nH]1. The van der Waals surface area contributed by atoms with Crippen LogP contribution in [0, 0.1) is 0 Å². The molecule has 0 saturated carbocycles. The summed E-state index contributed by atoms with van der Waals surface area (Å²) in [6.07, 6.45) is 2.75. The van der Waals surface area contributed by atoms with Crippen molar-refractivity contribution < 1.29 is 14.3 Å². The largest absolute Gasteiger partial charge is 0.496 e. The smallest absolute Gasteiger partial charge is 0.269 e. The van der Waals surface area contributed by atoms with Gasteiger partial charge in [-0.15, -0.1) is 0 Å². The van der Waals surface area contributed by atoms with Gasteiger partial charge in [-0.2, -0.15) is 5.10 Å².